The fraction of sp³-hybridized carbons (Fsp3) is 0.375. The van der Waals surface area contributed by atoms with Gasteiger partial charge in [0.25, 0.3) is 5.89 Å². The topological polar surface area (TPSA) is 74.2 Å². The van der Waals surface area contributed by atoms with E-state index >= 15 is 0 Å². The summed E-state index contributed by atoms with van der Waals surface area (Å²) < 4.78 is 11.0. The summed E-state index contributed by atoms with van der Waals surface area (Å²) in [5.74, 6) is 1.02. The highest BCUT2D eigenvalue weighted by molar-refractivity contribution is 5.67. The predicted octanol–water partition coefficient (Wildman–Crippen LogP) is 3.48. The van der Waals surface area contributed by atoms with Gasteiger partial charge in [-0.3, -0.25) is 0 Å². The number of nitrogen functional groups attached to an aromatic ring is 1. The Balaban J connectivity index is 2.16. The minimum atomic E-state index is -0.512. The van der Waals surface area contributed by atoms with Crippen LogP contribution in [0.2, 0.25) is 0 Å². The molecule has 1 aromatic heterocycles. The molecule has 0 aliphatic carbocycles. The zero-order valence-electron chi connectivity index (χ0n) is 12.7. The molecule has 0 amide bonds. The molecule has 0 bridgehead atoms. The molecule has 112 valence electrons. The lowest BCUT2D eigenvalue weighted by Crippen LogP contribution is -2.26. The van der Waals surface area contributed by atoms with Gasteiger partial charge in [-0.15, -0.1) is 0 Å². The number of benzene rings is 1. The van der Waals surface area contributed by atoms with Gasteiger partial charge in [-0.1, -0.05) is 24.2 Å². The second kappa shape index (κ2) is 6.54. The van der Waals surface area contributed by atoms with Gasteiger partial charge >= 0.3 is 0 Å². The number of rotatable bonds is 6. The predicted molar refractivity (Wildman–Crippen MR) is 83.3 cm³/mol. The van der Waals surface area contributed by atoms with Crippen molar-refractivity contribution in [3.8, 4) is 0 Å². The monoisotopic (exact) mass is 287 g/mol. The van der Waals surface area contributed by atoms with Crippen LogP contribution in [0.3, 0.4) is 0 Å². The maximum atomic E-state index is 5.74. The first-order valence-corrected chi connectivity index (χ1v) is 7.09. The molecule has 0 spiro atoms. The van der Waals surface area contributed by atoms with Crippen molar-refractivity contribution in [3.63, 3.8) is 0 Å². The number of nitrogens with two attached hydrogens (primary N) is 1. The van der Waals surface area contributed by atoms with E-state index in [0.717, 1.165) is 17.7 Å². The molecule has 21 heavy (non-hydrogen) atoms. The molecule has 1 unspecified atom stereocenters. The lowest BCUT2D eigenvalue weighted by molar-refractivity contribution is -0.0403. The maximum Gasteiger partial charge on any atom is 0.250 e. The summed E-state index contributed by atoms with van der Waals surface area (Å²) >= 11 is 0. The third-order valence-electron chi connectivity index (χ3n) is 3.38. The van der Waals surface area contributed by atoms with Crippen LogP contribution in [-0.4, -0.2) is 16.7 Å². The van der Waals surface area contributed by atoms with Crippen molar-refractivity contribution in [1.82, 2.24) is 10.1 Å². The van der Waals surface area contributed by atoms with E-state index in [1.165, 1.54) is 0 Å². The van der Waals surface area contributed by atoms with Gasteiger partial charge in [0.15, 0.2) is 0 Å². The van der Waals surface area contributed by atoms with Gasteiger partial charge in [-0.2, -0.15) is 4.98 Å². The standard InChI is InChI=1S/C16H21N3O2/c1-4-16(3,20-5-2)15-18-14(21-19-15)10-9-12-7-6-8-13(17)11-12/h6-11H,4-5,17H2,1-3H3/b10-9+. The normalized spacial score (nSPS) is 14.4. The highest BCUT2D eigenvalue weighted by Gasteiger charge is 2.30. The second-order valence-electron chi connectivity index (χ2n) is 4.98. The van der Waals surface area contributed by atoms with Crippen LogP contribution in [0, 0.1) is 0 Å². The molecule has 0 fully saturated rings. The van der Waals surface area contributed by atoms with E-state index in [2.05, 4.69) is 10.1 Å². The molecule has 0 saturated heterocycles. The molecule has 0 aliphatic rings. The van der Waals surface area contributed by atoms with E-state index in [9.17, 15) is 0 Å². The molecule has 2 rings (SSSR count). The zero-order chi connectivity index (χ0) is 15.3. The van der Waals surface area contributed by atoms with Crippen molar-refractivity contribution in [3.05, 3.63) is 41.5 Å². The van der Waals surface area contributed by atoms with Crippen molar-refractivity contribution < 1.29 is 9.26 Å². The molecule has 1 aromatic carbocycles. The van der Waals surface area contributed by atoms with E-state index in [-0.39, 0.29) is 0 Å². The van der Waals surface area contributed by atoms with Crippen LogP contribution in [0.1, 0.15) is 44.5 Å². The van der Waals surface area contributed by atoms with Crippen LogP contribution in [0.15, 0.2) is 28.8 Å². The average Bonchev–Trinajstić information content (AvgIpc) is 2.95. The average molecular weight is 287 g/mol. The fourth-order valence-corrected chi connectivity index (χ4v) is 1.99. The summed E-state index contributed by atoms with van der Waals surface area (Å²) in [5.41, 5.74) is 6.93. The Bertz CT molecular complexity index is 621. The number of ether oxygens (including phenoxy) is 1. The summed E-state index contributed by atoms with van der Waals surface area (Å²) in [7, 11) is 0. The smallest absolute Gasteiger partial charge is 0.250 e. The van der Waals surface area contributed by atoms with E-state index < -0.39 is 5.60 Å². The van der Waals surface area contributed by atoms with Gasteiger partial charge in [0, 0.05) is 18.4 Å². The van der Waals surface area contributed by atoms with Gasteiger partial charge in [0.1, 0.15) is 5.60 Å². The van der Waals surface area contributed by atoms with Crippen LogP contribution in [0.5, 0.6) is 0 Å². The fourth-order valence-electron chi connectivity index (χ4n) is 1.99. The molecule has 0 saturated carbocycles. The molecular weight excluding hydrogens is 266 g/mol. The quantitative estimate of drug-likeness (QED) is 0.823. The Morgan fingerprint density at radius 3 is 2.81 bits per heavy atom. The molecular formula is C16H21N3O2. The number of hydrogen-bond donors (Lipinski definition) is 1. The SMILES string of the molecule is CCOC(C)(CC)c1noc(/C=C/c2cccc(N)c2)n1. The number of hydrogen-bond acceptors (Lipinski definition) is 5. The van der Waals surface area contributed by atoms with Crippen molar-refractivity contribution in [2.24, 2.45) is 0 Å². The third-order valence-corrected chi connectivity index (χ3v) is 3.38. The lowest BCUT2D eigenvalue weighted by Gasteiger charge is -2.23. The third kappa shape index (κ3) is 3.70. The van der Waals surface area contributed by atoms with Crippen LogP contribution in [0.25, 0.3) is 12.2 Å². The van der Waals surface area contributed by atoms with Crippen LogP contribution < -0.4 is 5.73 Å². The van der Waals surface area contributed by atoms with E-state index in [1.807, 2.05) is 51.1 Å². The molecule has 1 heterocycles. The highest BCUT2D eigenvalue weighted by atomic mass is 16.5. The maximum absolute atomic E-state index is 5.74. The summed E-state index contributed by atoms with van der Waals surface area (Å²) in [5, 5.41) is 4.02. The van der Waals surface area contributed by atoms with Gasteiger partial charge in [0.05, 0.1) is 0 Å². The molecule has 1 atom stereocenters. The van der Waals surface area contributed by atoms with Crippen molar-refractivity contribution in [1.29, 1.82) is 0 Å². The Morgan fingerprint density at radius 2 is 2.14 bits per heavy atom. The molecule has 2 N–H and O–H groups in total. The van der Waals surface area contributed by atoms with Crippen LogP contribution in [0.4, 0.5) is 5.69 Å². The molecule has 5 heteroatoms. The lowest BCUT2D eigenvalue weighted by atomic mass is 10.0. The van der Waals surface area contributed by atoms with Crippen molar-refractivity contribution in [2.45, 2.75) is 32.8 Å². The summed E-state index contributed by atoms with van der Waals surface area (Å²) in [6.07, 6.45) is 4.43. The molecule has 2 aromatic rings. The number of aromatic nitrogens is 2. The highest BCUT2D eigenvalue weighted by Crippen LogP contribution is 2.26. The minimum absolute atomic E-state index is 0.451. The van der Waals surface area contributed by atoms with Crippen molar-refractivity contribution in [2.75, 3.05) is 12.3 Å². The van der Waals surface area contributed by atoms with Gasteiger partial charge < -0.3 is 15.0 Å². The molecule has 0 aliphatic heterocycles. The largest absolute Gasteiger partial charge is 0.399 e. The van der Waals surface area contributed by atoms with Crippen LogP contribution >= 0.6 is 0 Å². The first kappa shape index (κ1) is 15.3. The molecule has 0 radical (unpaired) electrons. The van der Waals surface area contributed by atoms with Crippen LogP contribution in [-0.2, 0) is 10.3 Å². The summed E-state index contributed by atoms with van der Waals surface area (Å²) in [4.78, 5) is 4.39. The number of anilines is 1. The second-order valence-corrected chi connectivity index (χ2v) is 4.98. The number of nitrogens with zero attached hydrogens (tertiary/aromatic N) is 2. The summed E-state index contributed by atoms with van der Waals surface area (Å²) in [6, 6.07) is 7.58. The van der Waals surface area contributed by atoms with Gasteiger partial charge in [0.2, 0.25) is 5.82 Å². The Hall–Kier alpha value is -2.14. The Labute approximate surface area is 124 Å². The first-order chi connectivity index (χ1) is 10.1. The van der Waals surface area contributed by atoms with E-state index in [1.54, 1.807) is 6.08 Å². The van der Waals surface area contributed by atoms with Crippen molar-refractivity contribution >= 4 is 17.8 Å². The van der Waals surface area contributed by atoms with E-state index in [4.69, 9.17) is 15.0 Å². The molecule has 5 nitrogen and oxygen atoms in total. The Morgan fingerprint density at radius 1 is 1.33 bits per heavy atom. The van der Waals surface area contributed by atoms with E-state index in [0.29, 0.717) is 18.3 Å². The zero-order valence-corrected chi connectivity index (χ0v) is 12.7. The summed E-state index contributed by atoms with van der Waals surface area (Å²) in [6.45, 7) is 6.56. The van der Waals surface area contributed by atoms with Gasteiger partial charge in [-0.25, -0.2) is 0 Å². The Kier molecular flexibility index (Phi) is 4.75. The minimum Gasteiger partial charge on any atom is -0.399 e. The first-order valence-electron chi connectivity index (χ1n) is 7.09. The van der Waals surface area contributed by atoms with Gasteiger partial charge in [-0.05, 0) is 44.0 Å².